The maximum absolute atomic E-state index is 12.0. The van der Waals surface area contributed by atoms with Gasteiger partial charge in [0.2, 0.25) is 5.91 Å². The quantitative estimate of drug-likeness (QED) is 0.611. The van der Waals surface area contributed by atoms with Crippen molar-refractivity contribution in [1.82, 2.24) is 19.9 Å². The van der Waals surface area contributed by atoms with Crippen LogP contribution in [0.2, 0.25) is 0 Å². The molecule has 0 bridgehead atoms. The summed E-state index contributed by atoms with van der Waals surface area (Å²) in [5, 5.41) is 15.8. The first kappa shape index (κ1) is 16.8. The van der Waals surface area contributed by atoms with Crippen LogP contribution < -0.4 is 5.32 Å². The summed E-state index contributed by atoms with van der Waals surface area (Å²) in [6.07, 6.45) is 9.37. The van der Waals surface area contributed by atoms with Crippen LogP contribution in [-0.4, -0.2) is 31.6 Å². The third kappa shape index (κ3) is 4.05. The molecule has 2 heterocycles. The topological polar surface area (TPSA) is 85.8 Å². The van der Waals surface area contributed by atoms with Crippen molar-refractivity contribution in [2.24, 2.45) is 0 Å². The van der Waals surface area contributed by atoms with Gasteiger partial charge < -0.3 is 14.4 Å². The van der Waals surface area contributed by atoms with Crippen LogP contribution in [-0.2, 0) is 11.3 Å². The minimum absolute atomic E-state index is 0.152. The minimum Gasteiger partial charge on any atom is -0.363 e. The van der Waals surface area contributed by atoms with Gasteiger partial charge in [0.15, 0.2) is 11.0 Å². The Morgan fingerprint density at radius 1 is 1.42 bits per heavy atom. The second-order valence-corrected chi connectivity index (χ2v) is 6.74. The highest BCUT2D eigenvalue weighted by atomic mass is 32.2. The van der Waals surface area contributed by atoms with Crippen LogP contribution in [0, 0.1) is 0 Å². The zero-order chi connectivity index (χ0) is 16.8. The number of aromatic nitrogens is 4. The lowest BCUT2D eigenvalue weighted by molar-refractivity contribution is -0.113. The Hall–Kier alpha value is -2.09. The normalized spacial score (nSPS) is 15.3. The molecule has 128 valence electrons. The van der Waals surface area contributed by atoms with Crippen molar-refractivity contribution in [3.05, 3.63) is 30.8 Å². The molecule has 0 saturated heterocycles. The van der Waals surface area contributed by atoms with E-state index in [1.807, 2.05) is 6.08 Å². The summed E-state index contributed by atoms with van der Waals surface area (Å²) in [6, 6.07) is 1.60. The minimum atomic E-state index is -0.152. The van der Waals surface area contributed by atoms with Crippen molar-refractivity contribution in [3.63, 3.8) is 0 Å². The van der Waals surface area contributed by atoms with E-state index in [1.165, 1.54) is 37.3 Å². The van der Waals surface area contributed by atoms with Crippen LogP contribution in [0.25, 0.3) is 0 Å². The number of allylic oxidation sites excluding steroid dienone is 1. The molecular formula is C16H21N5O2S. The lowest BCUT2D eigenvalue weighted by atomic mass is 9.89. The Morgan fingerprint density at radius 2 is 2.25 bits per heavy atom. The maximum Gasteiger partial charge on any atom is 0.236 e. The molecule has 1 saturated carbocycles. The van der Waals surface area contributed by atoms with Gasteiger partial charge in [-0.1, -0.05) is 42.3 Å². The van der Waals surface area contributed by atoms with Gasteiger partial charge in [-0.25, -0.2) is 0 Å². The number of carbonyl (C=O) groups is 1. The molecule has 1 N–H and O–H groups in total. The largest absolute Gasteiger partial charge is 0.363 e. The number of thioether (sulfide) groups is 1. The van der Waals surface area contributed by atoms with E-state index in [4.69, 9.17) is 4.52 Å². The van der Waals surface area contributed by atoms with Crippen LogP contribution in [0.4, 0.5) is 5.82 Å². The molecule has 0 spiro atoms. The molecule has 0 unspecified atom stereocenters. The SMILES string of the molecule is C=CCn1c(SCC(=O)Nc2ccon2)nnc1C1CCCCC1. The second kappa shape index (κ2) is 8.14. The van der Waals surface area contributed by atoms with E-state index < -0.39 is 0 Å². The summed E-state index contributed by atoms with van der Waals surface area (Å²) in [7, 11) is 0. The number of amides is 1. The molecule has 2 aromatic heterocycles. The van der Waals surface area contributed by atoms with E-state index in [1.54, 1.807) is 6.07 Å². The summed E-state index contributed by atoms with van der Waals surface area (Å²) < 4.78 is 6.77. The molecule has 1 aliphatic carbocycles. The summed E-state index contributed by atoms with van der Waals surface area (Å²) in [5.41, 5.74) is 0. The summed E-state index contributed by atoms with van der Waals surface area (Å²) in [4.78, 5) is 12.0. The van der Waals surface area contributed by atoms with E-state index in [9.17, 15) is 4.79 Å². The van der Waals surface area contributed by atoms with Gasteiger partial charge in [-0.05, 0) is 12.8 Å². The van der Waals surface area contributed by atoms with Gasteiger partial charge in [0.25, 0.3) is 0 Å². The van der Waals surface area contributed by atoms with Gasteiger partial charge in [0.1, 0.15) is 12.1 Å². The van der Waals surface area contributed by atoms with Crippen molar-refractivity contribution in [2.45, 2.75) is 49.7 Å². The number of hydrogen-bond donors (Lipinski definition) is 1. The Bertz CT molecular complexity index is 677. The van der Waals surface area contributed by atoms with Gasteiger partial charge in [0, 0.05) is 18.5 Å². The van der Waals surface area contributed by atoms with Gasteiger partial charge in [0.05, 0.1) is 5.75 Å². The first-order chi connectivity index (χ1) is 11.8. The van der Waals surface area contributed by atoms with E-state index >= 15 is 0 Å². The second-order valence-electron chi connectivity index (χ2n) is 5.80. The third-order valence-corrected chi connectivity index (χ3v) is 5.03. The Morgan fingerprint density at radius 3 is 2.96 bits per heavy atom. The van der Waals surface area contributed by atoms with Crippen LogP contribution >= 0.6 is 11.8 Å². The Balaban J connectivity index is 1.65. The van der Waals surface area contributed by atoms with Crippen LogP contribution in [0.3, 0.4) is 0 Å². The summed E-state index contributed by atoms with van der Waals surface area (Å²) in [6.45, 7) is 4.48. The lowest BCUT2D eigenvalue weighted by Gasteiger charge is -2.21. The fourth-order valence-electron chi connectivity index (χ4n) is 2.96. The number of carbonyl (C=O) groups excluding carboxylic acids is 1. The molecule has 1 fully saturated rings. The molecule has 0 atom stereocenters. The fourth-order valence-corrected chi connectivity index (χ4v) is 3.71. The predicted molar refractivity (Wildman–Crippen MR) is 91.9 cm³/mol. The summed E-state index contributed by atoms with van der Waals surface area (Å²) >= 11 is 1.37. The van der Waals surface area contributed by atoms with E-state index in [0.29, 0.717) is 18.3 Å². The average Bonchev–Trinajstić information content (AvgIpc) is 3.24. The standard InChI is InChI=1S/C16H21N5O2S/c1-2-9-21-15(12-6-4-3-5-7-12)18-19-16(21)24-11-14(22)17-13-8-10-23-20-13/h2,8,10,12H,1,3-7,9,11H2,(H,17,20,22). The van der Waals surface area contributed by atoms with Crippen molar-refractivity contribution < 1.29 is 9.32 Å². The van der Waals surface area contributed by atoms with Gasteiger partial charge in [-0.15, -0.1) is 16.8 Å². The summed E-state index contributed by atoms with van der Waals surface area (Å²) in [5.74, 6) is 1.99. The van der Waals surface area contributed by atoms with Crippen molar-refractivity contribution in [2.75, 3.05) is 11.1 Å². The highest BCUT2D eigenvalue weighted by molar-refractivity contribution is 7.99. The molecule has 8 heteroatoms. The number of hydrogen-bond acceptors (Lipinski definition) is 6. The van der Waals surface area contributed by atoms with Gasteiger partial charge in [-0.2, -0.15) is 0 Å². The molecule has 24 heavy (non-hydrogen) atoms. The maximum atomic E-state index is 12.0. The number of anilines is 1. The number of nitrogens with zero attached hydrogens (tertiary/aromatic N) is 4. The van der Waals surface area contributed by atoms with E-state index in [2.05, 4.69) is 31.8 Å². The van der Waals surface area contributed by atoms with Crippen molar-refractivity contribution >= 4 is 23.5 Å². The molecule has 1 amide bonds. The molecule has 0 aliphatic heterocycles. The number of nitrogens with one attached hydrogen (secondary N) is 1. The predicted octanol–water partition coefficient (Wildman–Crippen LogP) is 3.23. The average molecular weight is 347 g/mol. The zero-order valence-corrected chi connectivity index (χ0v) is 14.3. The number of rotatable bonds is 7. The smallest absolute Gasteiger partial charge is 0.236 e. The van der Waals surface area contributed by atoms with Crippen LogP contribution in [0.1, 0.15) is 43.8 Å². The van der Waals surface area contributed by atoms with Gasteiger partial charge >= 0.3 is 0 Å². The molecule has 2 aromatic rings. The fraction of sp³-hybridized carbons (Fsp3) is 0.500. The van der Waals surface area contributed by atoms with Crippen molar-refractivity contribution in [3.8, 4) is 0 Å². The molecule has 1 aliphatic rings. The molecule has 7 nitrogen and oxygen atoms in total. The lowest BCUT2D eigenvalue weighted by Crippen LogP contribution is -2.15. The molecular weight excluding hydrogens is 326 g/mol. The third-order valence-electron chi connectivity index (χ3n) is 4.07. The van der Waals surface area contributed by atoms with Gasteiger partial charge in [-0.3, -0.25) is 4.79 Å². The highest BCUT2D eigenvalue weighted by Gasteiger charge is 2.23. The molecule has 0 aromatic carbocycles. The first-order valence-electron chi connectivity index (χ1n) is 8.15. The monoisotopic (exact) mass is 347 g/mol. The molecule has 0 radical (unpaired) electrons. The first-order valence-corrected chi connectivity index (χ1v) is 9.13. The highest BCUT2D eigenvalue weighted by Crippen LogP contribution is 2.33. The molecule has 3 rings (SSSR count). The zero-order valence-electron chi connectivity index (χ0n) is 13.5. The van der Waals surface area contributed by atoms with E-state index in [0.717, 1.165) is 23.8 Å². The Labute approximate surface area is 144 Å². The van der Waals surface area contributed by atoms with E-state index in [-0.39, 0.29) is 11.7 Å². The van der Waals surface area contributed by atoms with Crippen LogP contribution in [0.5, 0.6) is 0 Å². The van der Waals surface area contributed by atoms with Crippen LogP contribution in [0.15, 0.2) is 34.7 Å². The van der Waals surface area contributed by atoms with Crippen molar-refractivity contribution in [1.29, 1.82) is 0 Å². The Kier molecular flexibility index (Phi) is 5.68.